The van der Waals surface area contributed by atoms with E-state index in [9.17, 15) is 0 Å². The molecule has 1 unspecified atom stereocenters. The van der Waals surface area contributed by atoms with Crippen LogP contribution in [0, 0.1) is 5.92 Å². The molecule has 0 amide bonds. The van der Waals surface area contributed by atoms with Crippen LogP contribution < -0.4 is 21.9 Å². The molecule has 0 saturated carbocycles. The van der Waals surface area contributed by atoms with Crippen LogP contribution in [0.3, 0.4) is 0 Å². The Morgan fingerprint density at radius 3 is 2.54 bits per heavy atom. The van der Waals surface area contributed by atoms with Crippen LogP contribution in [0.1, 0.15) is 38.2 Å². The van der Waals surface area contributed by atoms with Crippen molar-refractivity contribution in [1.82, 2.24) is 30.0 Å². The van der Waals surface area contributed by atoms with E-state index in [1.54, 1.807) is 0 Å². The third-order valence-corrected chi connectivity index (χ3v) is 5.47. The van der Waals surface area contributed by atoms with Gasteiger partial charge in [-0.1, -0.05) is 26.8 Å². The van der Waals surface area contributed by atoms with Gasteiger partial charge >= 0.3 is 0 Å². The number of benzene rings is 1. The van der Waals surface area contributed by atoms with Gasteiger partial charge < -0.3 is 26.8 Å². The molecule has 28 heavy (non-hydrogen) atoms. The Balaban J connectivity index is 0.00000225. The van der Waals surface area contributed by atoms with E-state index in [1.807, 2.05) is 22.9 Å². The number of ether oxygens (including phenoxy) is 2. The SMILES string of the molecule is CCN1CCN(C(c2nnnn2Cc2ccc3c(c2)OCO3)C(C)C)CC1.[Cl-]. The van der Waals surface area contributed by atoms with E-state index in [-0.39, 0.29) is 25.2 Å². The van der Waals surface area contributed by atoms with Gasteiger partial charge in [0.05, 0.1) is 12.6 Å². The number of rotatable bonds is 6. The lowest BCUT2D eigenvalue weighted by Gasteiger charge is -2.39. The third-order valence-electron chi connectivity index (χ3n) is 5.47. The number of nitrogens with zero attached hydrogens (tertiary/aromatic N) is 6. The minimum absolute atomic E-state index is 0. The Labute approximate surface area is 172 Å². The van der Waals surface area contributed by atoms with Gasteiger partial charge in [-0.2, -0.15) is 0 Å². The Morgan fingerprint density at radius 2 is 1.82 bits per heavy atom. The molecule has 1 aromatic carbocycles. The average molecular weight is 408 g/mol. The molecular weight excluding hydrogens is 380 g/mol. The van der Waals surface area contributed by atoms with E-state index >= 15 is 0 Å². The summed E-state index contributed by atoms with van der Waals surface area (Å²) >= 11 is 0. The number of halogens is 1. The molecule has 1 fully saturated rings. The summed E-state index contributed by atoms with van der Waals surface area (Å²) in [6, 6.07) is 6.22. The Morgan fingerprint density at radius 1 is 1.07 bits per heavy atom. The van der Waals surface area contributed by atoms with Crippen molar-refractivity contribution in [3.63, 3.8) is 0 Å². The van der Waals surface area contributed by atoms with Crippen molar-refractivity contribution >= 4 is 0 Å². The minimum Gasteiger partial charge on any atom is -1.00 e. The van der Waals surface area contributed by atoms with E-state index in [0.717, 1.165) is 55.6 Å². The van der Waals surface area contributed by atoms with Crippen molar-refractivity contribution in [2.75, 3.05) is 39.5 Å². The fraction of sp³-hybridized carbons (Fsp3) is 0.632. The Kier molecular flexibility index (Phi) is 6.74. The fourth-order valence-corrected chi connectivity index (χ4v) is 3.99. The summed E-state index contributed by atoms with van der Waals surface area (Å²) in [7, 11) is 0. The first-order valence-electron chi connectivity index (χ1n) is 9.76. The second-order valence-corrected chi connectivity index (χ2v) is 7.54. The molecule has 9 heteroatoms. The number of aromatic nitrogens is 4. The predicted molar refractivity (Wildman–Crippen MR) is 101 cm³/mol. The summed E-state index contributed by atoms with van der Waals surface area (Å²) < 4.78 is 12.8. The molecule has 0 spiro atoms. The number of tetrazole rings is 1. The molecule has 3 heterocycles. The van der Waals surface area contributed by atoms with Gasteiger partial charge in [-0.25, -0.2) is 4.68 Å². The highest BCUT2D eigenvalue weighted by Gasteiger charge is 2.31. The average Bonchev–Trinajstić information content (AvgIpc) is 3.32. The largest absolute Gasteiger partial charge is 1.00 e. The molecule has 8 nitrogen and oxygen atoms in total. The first-order valence-corrected chi connectivity index (χ1v) is 9.76. The fourth-order valence-electron chi connectivity index (χ4n) is 3.99. The first kappa shape index (κ1) is 20.8. The molecule has 154 valence electrons. The van der Waals surface area contributed by atoms with E-state index in [4.69, 9.17) is 9.47 Å². The first-order chi connectivity index (χ1) is 13.2. The summed E-state index contributed by atoms with van der Waals surface area (Å²) in [5.41, 5.74) is 1.10. The molecule has 1 aromatic heterocycles. The van der Waals surface area contributed by atoms with Crippen LogP contribution in [0.2, 0.25) is 0 Å². The lowest BCUT2D eigenvalue weighted by atomic mass is 10.0. The van der Waals surface area contributed by atoms with Crippen LogP contribution in [0.25, 0.3) is 0 Å². The second-order valence-electron chi connectivity index (χ2n) is 7.54. The van der Waals surface area contributed by atoms with Gasteiger partial charge in [0.15, 0.2) is 17.3 Å². The van der Waals surface area contributed by atoms with Crippen LogP contribution in [-0.2, 0) is 6.54 Å². The van der Waals surface area contributed by atoms with Gasteiger partial charge in [0.1, 0.15) is 0 Å². The number of hydrogen-bond acceptors (Lipinski definition) is 7. The molecule has 2 aromatic rings. The maximum atomic E-state index is 5.49. The van der Waals surface area contributed by atoms with E-state index < -0.39 is 0 Å². The summed E-state index contributed by atoms with van der Waals surface area (Å²) in [5.74, 6) is 2.95. The highest BCUT2D eigenvalue weighted by Crippen LogP contribution is 2.33. The highest BCUT2D eigenvalue weighted by atomic mass is 35.5. The molecule has 1 atom stereocenters. The van der Waals surface area contributed by atoms with Gasteiger partial charge in [-0.05, 0) is 40.6 Å². The number of hydrogen-bond donors (Lipinski definition) is 0. The summed E-state index contributed by atoms with van der Waals surface area (Å²) in [6.07, 6.45) is 0. The lowest BCUT2D eigenvalue weighted by molar-refractivity contribution is -0.00000756. The van der Waals surface area contributed by atoms with Gasteiger partial charge in [0.2, 0.25) is 6.79 Å². The maximum absolute atomic E-state index is 5.49. The zero-order chi connectivity index (χ0) is 18.8. The van der Waals surface area contributed by atoms with Crippen LogP contribution in [0.15, 0.2) is 18.2 Å². The number of fused-ring (bicyclic) bond motifs is 1. The molecule has 0 aliphatic carbocycles. The van der Waals surface area contributed by atoms with Crippen molar-refractivity contribution in [2.24, 2.45) is 5.92 Å². The van der Waals surface area contributed by atoms with Gasteiger partial charge in [0, 0.05) is 26.2 Å². The standard InChI is InChI=1S/C19H28N6O2.ClH/c1-4-23-7-9-24(10-8-23)18(14(2)3)19-20-21-22-25(19)12-15-5-6-16-17(11-15)27-13-26-16;/h5-6,11,14,18H,4,7-10,12-13H2,1-3H3;1H/p-1. The molecule has 1 saturated heterocycles. The molecule has 0 radical (unpaired) electrons. The van der Waals surface area contributed by atoms with Gasteiger partial charge in [-0.3, -0.25) is 4.90 Å². The predicted octanol–water partition coefficient (Wildman–Crippen LogP) is -1.21. The smallest absolute Gasteiger partial charge is 0.231 e. The summed E-state index contributed by atoms with van der Waals surface area (Å²) in [4.78, 5) is 5.02. The molecule has 2 aliphatic rings. The van der Waals surface area contributed by atoms with Gasteiger partial charge in [0.25, 0.3) is 0 Å². The zero-order valence-corrected chi connectivity index (χ0v) is 17.5. The Hall–Kier alpha value is -1.90. The number of likely N-dealkylation sites (N-methyl/N-ethyl adjacent to an activating group) is 1. The third kappa shape index (κ3) is 4.24. The van der Waals surface area contributed by atoms with Gasteiger partial charge in [-0.15, -0.1) is 5.10 Å². The maximum Gasteiger partial charge on any atom is 0.231 e. The van der Waals surface area contributed by atoms with Crippen LogP contribution in [0.5, 0.6) is 11.5 Å². The summed E-state index contributed by atoms with van der Waals surface area (Å²) in [5, 5.41) is 12.7. The normalized spacial score (nSPS) is 18.3. The lowest BCUT2D eigenvalue weighted by Crippen LogP contribution is -3.00. The van der Waals surface area contributed by atoms with Crippen molar-refractivity contribution in [3.05, 3.63) is 29.6 Å². The quantitative estimate of drug-likeness (QED) is 0.595. The van der Waals surface area contributed by atoms with Crippen LogP contribution in [0.4, 0.5) is 0 Å². The van der Waals surface area contributed by atoms with Crippen LogP contribution >= 0.6 is 0 Å². The van der Waals surface area contributed by atoms with Crippen molar-refractivity contribution in [1.29, 1.82) is 0 Å². The zero-order valence-electron chi connectivity index (χ0n) is 16.7. The highest BCUT2D eigenvalue weighted by molar-refractivity contribution is 5.44. The second kappa shape index (κ2) is 9.07. The molecular formula is C19H28ClN6O2-. The van der Waals surface area contributed by atoms with E-state index in [0.29, 0.717) is 12.5 Å². The summed E-state index contributed by atoms with van der Waals surface area (Å²) in [6.45, 7) is 13.0. The van der Waals surface area contributed by atoms with Crippen molar-refractivity contribution < 1.29 is 21.9 Å². The molecule has 2 aliphatic heterocycles. The Bertz CT molecular complexity index is 776. The molecule has 0 bridgehead atoms. The minimum atomic E-state index is 0. The van der Waals surface area contributed by atoms with Crippen molar-refractivity contribution in [2.45, 2.75) is 33.4 Å². The molecule has 4 rings (SSSR count). The monoisotopic (exact) mass is 407 g/mol. The topological polar surface area (TPSA) is 68.5 Å². The van der Waals surface area contributed by atoms with Crippen molar-refractivity contribution in [3.8, 4) is 11.5 Å². The van der Waals surface area contributed by atoms with E-state index in [2.05, 4.69) is 46.1 Å². The molecule has 0 N–H and O–H groups in total. The van der Waals surface area contributed by atoms with E-state index in [1.165, 1.54) is 0 Å². The van der Waals surface area contributed by atoms with Crippen LogP contribution in [-0.4, -0.2) is 69.5 Å². The number of piperazine rings is 1.